The van der Waals surface area contributed by atoms with E-state index in [0.29, 0.717) is 5.92 Å². The summed E-state index contributed by atoms with van der Waals surface area (Å²) < 4.78 is 1.90. The number of nitrogens with one attached hydrogen (secondary N) is 1. The number of nitrogens with zero attached hydrogens (tertiary/aromatic N) is 3. The fourth-order valence-corrected chi connectivity index (χ4v) is 3.08. The van der Waals surface area contributed by atoms with Gasteiger partial charge in [0.2, 0.25) is 0 Å². The number of piperidine rings is 1. The summed E-state index contributed by atoms with van der Waals surface area (Å²) in [4.78, 5) is 4.91. The maximum Gasteiger partial charge on any atom is 0.0755 e. The number of fused-ring (bicyclic) bond motifs is 1. The van der Waals surface area contributed by atoms with Crippen molar-refractivity contribution in [1.82, 2.24) is 19.9 Å². The van der Waals surface area contributed by atoms with Crippen LogP contribution >= 0.6 is 0 Å². The molecule has 1 aliphatic rings. The van der Waals surface area contributed by atoms with Crippen LogP contribution in [0.3, 0.4) is 0 Å². The highest BCUT2D eigenvalue weighted by Gasteiger charge is 2.17. The van der Waals surface area contributed by atoms with Crippen LogP contribution in [0.2, 0.25) is 0 Å². The van der Waals surface area contributed by atoms with Crippen LogP contribution in [0.1, 0.15) is 24.5 Å². The maximum absolute atomic E-state index is 4.91. The van der Waals surface area contributed by atoms with Crippen LogP contribution in [-0.4, -0.2) is 27.7 Å². The van der Waals surface area contributed by atoms with E-state index in [1.807, 2.05) is 29.0 Å². The van der Waals surface area contributed by atoms with E-state index in [-0.39, 0.29) is 0 Å². The summed E-state index contributed by atoms with van der Waals surface area (Å²) in [5.74, 6) is 0.577. The number of rotatable bonds is 2. The minimum absolute atomic E-state index is 0.577. The molecule has 4 heterocycles. The van der Waals surface area contributed by atoms with Crippen molar-refractivity contribution in [2.75, 3.05) is 13.1 Å². The lowest BCUT2D eigenvalue weighted by Gasteiger charge is -2.22. The Balaban J connectivity index is 1.75. The Morgan fingerprint density at radius 1 is 1.05 bits per heavy atom. The van der Waals surface area contributed by atoms with Gasteiger partial charge in [-0.15, -0.1) is 0 Å². The van der Waals surface area contributed by atoms with Gasteiger partial charge in [0.1, 0.15) is 0 Å². The summed E-state index contributed by atoms with van der Waals surface area (Å²) in [6, 6.07) is 12.5. The lowest BCUT2D eigenvalue weighted by Crippen LogP contribution is -2.27. The van der Waals surface area contributed by atoms with Gasteiger partial charge in [-0.3, -0.25) is 4.98 Å². The van der Waals surface area contributed by atoms with Crippen molar-refractivity contribution < 1.29 is 0 Å². The van der Waals surface area contributed by atoms with E-state index in [2.05, 4.69) is 34.7 Å². The quantitative estimate of drug-likeness (QED) is 0.783. The van der Waals surface area contributed by atoms with Crippen molar-refractivity contribution in [3.05, 3.63) is 54.5 Å². The molecule has 1 saturated heterocycles. The van der Waals surface area contributed by atoms with Gasteiger partial charge in [-0.05, 0) is 50.2 Å². The van der Waals surface area contributed by atoms with E-state index in [9.17, 15) is 0 Å². The molecule has 0 bridgehead atoms. The molecule has 0 aliphatic carbocycles. The monoisotopic (exact) mass is 278 g/mol. The summed E-state index contributed by atoms with van der Waals surface area (Å²) in [6.07, 6.45) is 6.22. The zero-order chi connectivity index (χ0) is 14.1. The number of pyridine rings is 2. The second kappa shape index (κ2) is 5.30. The molecule has 3 aromatic heterocycles. The van der Waals surface area contributed by atoms with Crippen LogP contribution in [0.4, 0.5) is 0 Å². The average molecular weight is 278 g/mol. The summed E-state index contributed by atoms with van der Waals surface area (Å²) in [6.45, 7) is 2.18. The van der Waals surface area contributed by atoms with E-state index >= 15 is 0 Å². The van der Waals surface area contributed by atoms with Gasteiger partial charge in [-0.25, -0.2) is 4.52 Å². The van der Waals surface area contributed by atoms with E-state index in [0.717, 1.165) is 29.9 Å². The summed E-state index contributed by atoms with van der Waals surface area (Å²) >= 11 is 0. The molecule has 0 atom stereocenters. The third-order valence-electron chi connectivity index (χ3n) is 4.23. The molecule has 1 N–H and O–H groups in total. The Labute approximate surface area is 123 Å². The van der Waals surface area contributed by atoms with Crippen molar-refractivity contribution >= 4 is 5.52 Å². The first-order valence-electron chi connectivity index (χ1n) is 7.52. The largest absolute Gasteiger partial charge is 0.317 e. The summed E-state index contributed by atoms with van der Waals surface area (Å²) in [5.41, 5.74) is 4.44. The molecule has 0 unspecified atom stereocenters. The van der Waals surface area contributed by atoms with Crippen molar-refractivity contribution in [3.63, 3.8) is 0 Å². The molecule has 0 radical (unpaired) electrons. The van der Waals surface area contributed by atoms with Gasteiger partial charge >= 0.3 is 0 Å². The average Bonchev–Trinajstić information content (AvgIpc) is 3.00. The molecule has 21 heavy (non-hydrogen) atoms. The third kappa shape index (κ3) is 2.32. The Morgan fingerprint density at radius 2 is 1.95 bits per heavy atom. The lowest BCUT2D eigenvalue weighted by atomic mass is 9.94. The Kier molecular flexibility index (Phi) is 3.16. The predicted octanol–water partition coefficient (Wildman–Crippen LogP) is 2.86. The number of hydrogen-bond acceptors (Lipinski definition) is 3. The molecule has 0 aromatic carbocycles. The highest BCUT2D eigenvalue weighted by Crippen LogP contribution is 2.27. The molecular formula is C17H18N4. The highest BCUT2D eigenvalue weighted by molar-refractivity contribution is 5.77. The smallest absolute Gasteiger partial charge is 0.0755 e. The lowest BCUT2D eigenvalue weighted by molar-refractivity contribution is 0.453. The molecule has 1 aliphatic heterocycles. The first-order valence-corrected chi connectivity index (χ1v) is 7.52. The molecule has 0 spiro atoms. The van der Waals surface area contributed by atoms with Gasteiger partial charge in [0, 0.05) is 23.4 Å². The minimum Gasteiger partial charge on any atom is -0.317 e. The normalized spacial score (nSPS) is 16.4. The highest BCUT2D eigenvalue weighted by atomic mass is 15.2. The maximum atomic E-state index is 4.91. The van der Waals surface area contributed by atoms with Gasteiger partial charge in [0.05, 0.1) is 17.4 Å². The van der Waals surface area contributed by atoms with E-state index in [1.165, 1.54) is 18.5 Å². The van der Waals surface area contributed by atoms with Crippen molar-refractivity contribution in [3.8, 4) is 11.3 Å². The molecule has 0 amide bonds. The van der Waals surface area contributed by atoms with Crippen LogP contribution in [0.15, 0.2) is 48.8 Å². The Morgan fingerprint density at radius 3 is 2.86 bits per heavy atom. The molecule has 3 aromatic rings. The number of aromatic nitrogens is 3. The number of hydrogen-bond donors (Lipinski definition) is 1. The van der Waals surface area contributed by atoms with Crippen LogP contribution < -0.4 is 5.32 Å². The van der Waals surface area contributed by atoms with Gasteiger partial charge in [0.25, 0.3) is 0 Å². The third-order valence-corrected chi connectivity index (χ3v) is 4.23. The fraction of sp³-hybridized carbons (Fsp3) is 0.294. The molecule has 4 rings (SSSR count). The zero-order valence-corrected chi connectivity index (χ0v) is 11.9. The summed E-state index contributed by atoms with van der Waals surface area (Å²) in [5, 5.41) is 7.81. The molecule has 4 heteroatoms. The fourth-order valence-electron chi connectivity index (χ4n) is 3.08. The second-order valence-electron chi connectivity index (χ2n) is 5.56. The summed E-state index contributed by atoms with van der Waals surface area (Å²) in [7, 11) is 0. The van der Waals surface area contributed by atoms with Crippen molar-refractivity contribution in [2.45, 2.75) is 18.8 Å². The second-order valence-corrected chi connectivity index (χ2v) is 5.56. The molecule has 1 fully saturated rings. The van der Waals surface area contributed by atoms with Gasteiger partial charge < -0.3 is 5.32 Å². The Hall–Kier alpha value is -2.20. The van der Waals surface area contributed by atoms with Crippen molar-refractivity contribution in [2.24, 2.45) is 0 Å². The first-order chi connectivity index (χ1) is 10.4. The standard InChI is InChI=1S/C17H18N4/c1-2-11-21-17(6-1)14(12-19-21)16-5-3-4-15(20-16)13-7-9-18-10-8-13/h1-6,11-13,18H,7-10H2. The molecule has 4 nitrogen and oxygen atoms in total. The van der Waals surface area contributed by atoms with E-state index in [1.54, 1.807) is 0 Å². The van der Waals surface area contributed by atoms with E-state index < -0.39 is 0 Å². The van der Waals surface area contributed by atoms with Gasteiger partial charge in [0.15, 0.2) is 0 Å². The SMILES string of the molecule is c1cc(-c2cnn3ccccc23)nc(C2CCNCC2)c1. The predicted molar refractivity (Wildman–Crippen MR) is 83.3 cm³/mol. The van der Waals surface area contributed by atoms with E-state index in [4.69, 9.17) is 4.98 Å². The van der Waals surface area contributed by atoms with Crippen LogP contribution in [-0.2, 0) is 0 Å². The zero-order valence-electron chi connectivity index (χ0n) is 11.9. The van der Waals surface area contributed by atoms with Gasteiger partial charge in [-0.2, -0.15) is 5.10 Å². The van der Waals surface area contributed by atoms with Crippen LogP contribution in [0.25, 0.3) is 16.8 Å². The molecule has 106 valence electrons. The minimum atomic E-state index is 0.577. The van der Waals surface area contributed by atoms with Crippen LogP contribution in [0, 0.1) is 0 Å². The molecular weight excluding hydrogens is 260 g/mol. The molecule has 0 saturated carbocycles. The topological polar surface area (TPSA) is 42.2 Å². The first kappa shape index (κ1) is 12.5. The van der Waals surface area contributed by atoms with Crippen LogP contribution in [0.5, 0.6) is 0 Å². The Bertz CT molecular complexity index is 756. The van der Waals surface area contributed by atoms with Crippen molar-refractivity contribution in [1.29, 1.82) is 0 Å². The van der Waals surface area contributed by atoms with Gasteiger partial charge in [-0.1, -0.05) is 12.1 Å².